The molecule has 0 unspecified atom stereocenters. The smallest absolute Gasteiger partial charge is 0.360 e. The van der Waals surface area contributed by atoms with Crippen LogP contribution in [0.2, 0.25) is 0 Å². The van der Waals surface area contributed by atoms with Crippen LogP contribution in [0, 0.1) is 34.9 Å². The molecule has 0 amide bonds. The van der Waals surface area contributed by atoms with Crippen molar-refractivity contribution >= 4 is 10.1 Å². The lowest BCUT2D eigenvalue weighted by atomic mass is 10.3. The van der Waals surface area contributed by atoms with Gasteiger partial charge in [-0.15, -0.1) is 0 Å². The molecular formula is C11H3F6NO3S. The Hall–Kier alpha value is -2.30. The maximum Gasteiger partial charge on any atom is 0.360 e. The predicted molar refractivity (Wildman–Crippen MR) is 58.2 cm³/mol. The molecule has 2 rings (SSSR count). The van der Waals surface area contributed by atoms with E-state index < -0.39 is 55.8 Å². The Morgan fingerprint density at radius 1 is 0.864 bits per heavy atom. The van der Waals surface area contributed by atoms with Gasteiger partial charge in [-0.3, -0.25) is 0 Å². The summed E-state index contributed by atoms with van der Waals surface area (Å²) in [5.41, 5.74) is 0. The Morgan fingerprint density at radius 3 is 1.86 bits per heavy atom. The number of benzene rings is 1. The molecule has 11 heteroatoms. The second-order valence-electron chi connectivity index (χ2n) is 3.73. The van der Waals surface area contributed by atoms with E-state index in [4.69, 9.17) is 0 Å². The number of pyridine rings is 1. The normalized spacial score (nSPS) is 11.5. The SMILES string of the molecule is O=S(=O)(Oc1c(F)c(F)c(F)c(F)c1F)c1ncccc1F. The topological polar surface area (TPSA) is 56.3 Å². The van der Waals surface area contributed by atoms with Gasteiger partial charge in [-0.05, 0) is 12.1 Å². The van der Waals surface area contributed by atoms with Gasteiger partial charge in [0.05, 0.1) is 0 Å². The van der Waals surface area contributed by atoms with Crippen LogP contribution < -0.4 is 4.18 Å². The average molecular weight is 343 g/mol. The Labute approximate surface area is 119 Å². The third-order valence-corrected chi connectivity index (χ3v) is 3.48. The van der Waals surface area contributed by atoms with Crippen LogP contribution in [0.25, 0.3) is 0 Å². The van der Waals surface area contributed by atoms with Crippen molar-refractivity contribution in [2.24, 2.45) is 0 Å². The summed E-state index contributed by atoms with van der Waals surface area (Å²) in [5.74, 6) is -15.9. The van der Waals surface area contributed by atoms with E-state index in [0.29, 0.717) is 6.07 Å². The molecule has 0 saturated heterocycles. The number of hydrogen-bond acceptors (Lipinski definition) is 4. The highest BCUT2D eigenvalue weighted by Gasteiger charge is 2.32. The van der Waals surface area contributed by atoms with Crippen molar-refractivity contribution in [3.63, 3.8) is 0 Å². The van der Waals surface area contributed by atoms with Gasteiger partial charge in [0.1, 0.15) is 0 Å². The summed E-state index contributed by atoms with van der Waals surface area (Å²) in [6, 6.07) is 1.65. The number of hydrogen-bond donors (Lipinski definition) is 0. The number of aromatic nitrogens is 1. The summed E-state index contributed by atoms with van der Waals surface area (Å²) in [5, 5.41) is -1.38. The van der Waals surface area contributed by atoms with Crippen molar-refractivity contribution in [2.75, 3.05) is 0 Å². The molecule has 0 bridgehead atoms. The van der Waals surface area contributed by atoms with Crippen LogP contribution in [0.1, 0.15) is 0 Å². The molecule has 0 aliphatic rings. The lowest BCUT2D eigenvalue weighted by molar-refractivity contribution is 0.345. The van der Waals surface area contributed by atoms with E-state index in [1.165, 1.54) is 0 Å². The third-order valence-electron chi connectivity index (χ3n) is 2.32. The van der Waals surface area contributed by atoms with Crippen LogP contribution in [0.3, 0.4) is 0 Å². The van der Waals surface area contributed by atoms with Gasteiger partial charge in [0.2, 0.25) is 39.9 Å². The molecule has 0 spiro atoms. The van der Waals surface area contributed by atoms with Gasteiger partial charge < -0.3 is 4.18 Å². The van der Waals surface area contributed by atoms with Gasteiger partial charge in [0, 0.05) is 6.20 Å². The van der Waals surface area contributed by atoms with Gasteiger partial charge in [0.25, 0.3) is 0 Å². The quantitative estimate of drug-likeness (QED) is 0.372. The number of halogens is 6. The highest BCUT2D eigenvalue weighted by molar-refractivity contribution is 7.87. The van der Waals surface area contributed by atoms with Crippen LogP contribution in [0.4, 0.5) is 26.3 Å². The average Bonchev–Trinajstić information content (AvgIpc) is 2.48. The van der Waals surface area contributed by atoms with E-state index in [1.807, 2.05) is 0 Å². The van der Waals surface area contributed by atoms with Crippen molar-refractivity contribution in [1.82, 2.24) is 4.98 Å². The summed E-state index contributed by atoms with van der Waals surface area (Å²) < 4.78 is 106. The monoisotopic (exact) mass is 343 g/mol. The van der Waals surface area contributed by atoms with Crippen molar-refractivity contribution in [1.29, 1.82) is 0 Å². The second kappa shape index (κ2) is 5.48. The van der Waals surface area contributed by atoms with Crippen molar-refractivity contribution < 1.29 is 38.9 Å². The molecule has 1 aromatic heterocycles. The molecule has 0 N–H and O–H groups in total. The Balaban J connectivity index is 2.59. The fourth-order valence-corrected chi connectivity index (χ4v) is 2.30. The predicted octanol–water partition coefficient (Wildman–Crippen LogP) is 2.68. The lowest BCUT2D eigenvalue weighted by Gasteiger charge is -2.10. The van der Waals surface area contributed by atoms with E-state index >= 15 is 0 Å². The molecule has 1 aromatic carbocycles. The molecule has 0 saturated carbocycles. The summed E-state index contributed by atoms with van der Waals surface area (Å²) in [6.45, 7) is 0. The fourth-order valence-electron chi connectivity index (χ4n) is 1.36. The zero-order valence-electron chi connectivity index (χ0n) is 10.1. The maximum atomic E-state index is 13.3. The van der Waals surface area contributed by atoms with Gasteiger partial charge in [-0.2, -0.15) is 17.2 Å². The first-order chi connectivity index (χ1) is 10.2. The van der Waals surface area contributed by atoms with Crippen molar-refractivity contribution in [2.45, 2.75) is 5.03 Å². The minimum atomic E-state index is -5.26. The minimum absolute atomic E-state index is 0.641. The molecule has 0 aliphatic heterocycles. The summed E-state index contributed by atoms with van der Waals surface area (Å²) >= 11 is 0. The van der Waals surface area contributed by atoms with E-state index in [2.05, 4.69) is 9.17 Å². The summed E-state index contributed by atoms with van der Waals surface area (Å²) in [6.07, 6.45) is 0.817. The Bertz CT molecular complexity index is 826. The van der Waals surface area contributed by atoms with Crippen LogP contribution >= 0.6 is 0 Å². The fraction of sp³-hybridized carbons (Fsp3) is 0. The van der Waals surface area contributed by atoms with E-state index in [9.17, 15) is 34.8 Å². The van der Waals surface area contributed by atoms with E-state index in [-0.39, 0.29) is 0 Å². The minimum Gasteiger partial charge on any atom is -0.371 e. The van der Waals surface area contributed by atoms with Crippen LogP contribution in [-0.4, -0.2) is 13.4 Å². The first kappa shape index (κ1) is 16.1. The molecular weight excluding hydrogens is 340 g/mol. The zero-order chi connectivity index (χ0) is 16.7. The second-order valence-corrected chi connectivity index (χ2v) is 5.19. The summed E-state index contributed by atoms with van der Waals surface area (Å²) in [4.78, 5) is 3.07. The first-order valence-electron chi connectivity index (χ1n) is 5.23. The maximum absolute atomic E-state index is 13.3. The molecule has 22 heavy (non-hydrogen) atoms. The van der Waals surface area contributed by atoms with Crippen molar-refractivity contribution in [3.05, 3.63) is 53.2 Å². The molecule has 0 fully saturated rings. The molecule has 0 radical (unpaired) electrons. The van der Waals surface area contributed by atoms with Crippen LogP contribution in [-0.2, 0) is 10.1 Å². The van der Waals surface area contributed by atoms with Gasteiger partial charge in [-0.25, -0.2) is 22.5 Å². The standard InChI is InChI=1S/C11H3F6NO3S/c12-4-2-1-3-18-11(4)22(19,20)21-10-8(16)6(14)5(13)7(15)9(10)17/h1-3H. The molecule has 2 aromatic rings. The highest BCUT2D eigenvalue weighted by Crippen LogP contribution is 2.31. The van der Waals surface area contributed by atoms with Gasteiger partial charge in [0.15, 0.2) is 5.82 Å². The third kappa shape index (κ3) is 2.58. The molecule has 1 heterocycles. The summed E-state index contributed by atoms with van der Waals surface area (Å²) in [7, 11) is -5.26. The van der Waals surface area contributed by atoms with Crippen LogP contribution in [0.5, 0.6) is 5.75 Å². The Kier molecular flexibility index (Phi) is 4.00. The van der Waals surface area contributed by atoms with Crippen LogP contribution in [0.15, 0.2) is 23.4 Å². The lowest BCUT2D eigenvalue weighted by Crippen LogP contribution is -2.16. The van der Waals surface area contributed by atoms with Gasteiger partial charge in [-0.1, -0.05) is 0 Å². The Morgan fingerprint density at radius 2 is 1.36 bits per heavy atom. The number of rotatable bonds is 3. The zero-order valence-corrected chi connectivity index (χ0v) is 10.9. The van der Waals surface area contributed by atoms with Crippen molar-refractivity contribution in [3.8, 4) is 5.75 Å². The molecule has 118 valence electrons. The highest BCUT2D eigenvalue weighted by atomic mass is 32.2. The van der Waals surface area contributed by atoms with Gasteiger partial charge >= 0.3 is 10.1 Å². The first-order valence-corrected chi connectivity index (χ1v) is 6.64. The largest absolute Gasteiger partial charge is 0.371 e. The molecule has 0 aliphatic carbocycles. The van der Waals surface area contributed by atoms with E-state index in [1.54, 1.807) is 0 Å². The molecule has 4 nitrogen and oxygen atoms in total. The molecule has 0 atom stereocenters. The number of nitrogens with zero attached hydrogens (tertiary/aromatic N) is 1. The van der Waals surface area contributed by atoms with E-state index in [0.717, 1.165) is 12.3 Å².